The van der Waals surface area contributed by atoms with Gasteiger partial charge in [-0.2, -0.15) is 0 Å². The summed E-state index contributed by atoms with van der Waals surface area (Å²) in [6.07, 6.45) is 0. The Labute approximate surface area is 106 Å². The number of ether oxygens (including phenoxy) is 1. The van der Waals surface area contributed by atoms with Crippen molar-refractivity contribution in [3.63, 3.8) is 0 Å². The molecule has 4 nitrogen and oxygen atoms in total. The minimum absolute atomic E-state index is 0.498. The molecule has 2 aromatic rings. The Hall–Kier alpha value is -2.36. The molecule has 0 spiro atoms. The Kier molecular flexibility index (Phi) is 3.91. The highest BCUT2D eigenvalue weighted by molar-refractivity contribution is 5.54. The Morgan fingerprint density at radius 1 is 1.17 bits per heavy atom. The predicted molar refractivity (Wildman–Crippen MR) is 71.4 cm³/mol. The number of benzene rings is 2. The first-order valence-electron chi connectivity index (χ1n) is 5.65. The summed E-state index contributed by atoms with van der Waals surface area (Å²) in [5.41, 5.74) is 5.11. The third kappa shape index (κ3) is 3.07. The number of anilines is 1. The minimum atomic E-state index is 0.498. The summed E-state index contributed by atoms with van der Waals surface area (Å²) in [7, 11) is 0. The van der Waals surface area contributed by atoms with Crippen molar-refractivity contribution in [1.82, 2.24) is 0 Å². The largest absolute Gasteiger partial charge is 0.489 e. The summed E-state index contributed by atoms with van der Waals surface area (Å²) in [5.74, 6) is 0.704. The molecule has 0 unspecified atom stereocenters. The molecule has 0 amide bonds. The highest BCUT2D eigenvalue weighted by Gasteiger charge is 2.01. The fourth-order valence-electron chi connectivity index (χ4n) is 1.60. The van der Waals surface area contributed by atoms with Crippen LogP contribution in [0.2, 0.25) is 0 Å². The molecule has 0 bridgehead atoms. The molecule has 0 aromatic heterocycles. The lowest BCUT2D eigenvalue weighted by Gasteiger charge is -2.09. The van der Waals surface area contributed by atoms with Crippen molar-refractivity contribution < 1.29 is 4.74 Å². The van der Waals surface area contributed by atoms with E-state index in [-0.39, 0.29) is 0 Å². The Morgan fingerprint density at radius 3 is 2.67 bits per heavy atom. The summed E-state index contributed by atoms with van der Waals surface area (Å²) >= 11 is 0. The van der Waals surface area contributed by atoms with Crippen molar-refractivity contribution in [3.05, 3.63) is 64.6 Å². The quantitative estimate of drug-likeness (QED) is 0.643. The molecule has 2 rings (SSSR count). The van der Waals surface area contributed by atoms with Gasteiger partial charge >= 0.3 is 0 Å². The van der Waals surface area contributed by atoms with Crippen LogP contribution in [0.3, 0.4) is 0 Å². The maximum absolute atomic E-state index is 10.2. The second kappa shape index (κ2) is 5.82. The summed E-state index contributed by atoms with van der Waals surface area (Å²) in [6.45, 7) is 2.40. The molecule has 0 atom stereocenters. The predicted octanol–water partition coefficient (Wildman–Crippen LogP) is 3.67. The van der Waals surface area contributed by atoms with Crippen molar-refractivity contribution in [2.45, 2.75) is 13.5 Å². The Morgan fingerprint density at radius 2 is 1.94 bits per heavy atom. The number of nitrogens with zero attached hydrogens (tertiary/aromatic N) is 1. The van der Waals surface area contributed by atoms with E-state index in [1.54, 1.807) is 6.07 Å². The van der Waals surface area contributed by atoms with Gasteiger partial charge in [-0.25, -0.2) is 5.43 Å². The van der Waals surface area contributed by atoms with Crippen LogP contribution in [0.15, 0.2) is 53.8 Å². The molecule has 0 saturated carbocycles. The zero-order valence-electron chi connectivity index (χ0n) is 10.1. The van der Waals surface area contributed by atoms with Crippen molar-refractivity contribution in [2.75, 3.05) is 5.43 Å². The van der Waals surface area contributed by atoms with Crippen molar-refractivity contribution >= 4 is 5.69 Å². The fourth-order valence-corrected chi connectivity index (χ4v) is 1.60. The molecular weight excluding hydrogens is 228 g/mol. The number of hydrogen-bond acceptors (Lipinski definition) is 3. The number of hydrogen-bond donors (Lipinski definition) is 1. The van der Waals surface area contributed by atoms with Gasteiger partial charge in [0.1, 0.15) is 12.4 Å². The van der Waals surface area contributed by atoms with E-state index in [0.29, 0.717) is 18.0 Å². The first-order valence-corrected chi connectivity index (χ1v) is 5.65. The average molecular weight is 242 g/mol. The lowest BCUT2D eigenvalue weighted by molar-refractivity contribution is 0.306. The van der Waals surface area contributed by atoms with Crippen LogP contribution in [0.5, 0.6) is 5.75 Å². The fraction of sp³-hybridized carbons (Fsp3) is 0.143. The van der Waals surface area contributed by atoms with Gasteiger partial charge in [0.25, 0.3) is 0 Å². The van der Waals surface area contributed by atoms with Gasteiger partial charge in [-0.05, 0) is 24.1 Å². The maximum Gasteiger partial charge on any atom is 0.121 e. The van der Waals surface area contributed by atoms with E-state index in [0.717, 1.165) is 11.1 Å². The van der Waals surface area contributed by atoms with Gasteiger partial charge in [0, 0.05) is 6.07 Å². The van der Waals surface area contributed by atoms with Crippen LogP contribution in [-0.2, 0) is 6.61 Å². The van der Waals surface area contributed by atoms with Crippen LogP contribution in [0, 0.1) is 11.8 Å². The van der Waals surface area contributed by atoms with E-state index in [4.69, 9.17) is 4.74 Å². The molecule has 0 saturated heterocycles. The molecule has 1 N–H and O–H groups in total. The van der Waals surface area contributed by atoms with Gasteiger partial charge in [0.2, 0.25) is 0 Å². The van der Waals surface area contributed by atoms with Crippen LogP contribution in [0.4, 0.5) is 5.69 Å². The summed E-state index contributed by atoms with van der Waals surface area (Å²) in [4.78, 5) is 10.2. The van der Waals surface area contributed by atoms with E-state index in [1.807, 2.05) is 49.4 Å². The van der Waals surface area contributed by atoms with Crippen LogP contribution in [0.1, 0.15) is 11.1 Å². The SMILES string of the molecule is Cc1ccc(OCc2ccccc2)cc1NN=O. The Balaban J connectivity index is 2.05. The van der Waals surface area contributed by atoms with E-state index >= 15 is 0 Å². The third-order valence-corrected chi connectivity index (χ3v) is 2.62. The Bertz CT molecular complexity index is 527. The second-order valence-electron chi connectivity index (χ2n) is 3.95. The van der Waals surface area contributed by atoms with Gasteiger partial charge < -0.3 is 4.74 Å². The van der Waals surface area contributed by atoms with Gasteiger partial charge in [-0.3, -0.25) is 0 Å². The van der Waals surface area contributed by atoms with Crippen molar-refractivity contribution in [2.24, 2.45) is 5.29 Å². The van der Waals surface area contributed by atoms with E-state index in [2.05, 4.69) is 10.7 Å². The third-order valence-electron chi connectivity index (χ3n) is 2.62. The number of aryl methyl sites for hydroxylation is 1. The molecule has 0 radical (unpaired) electrons. The van der Waals surface area contributed by atoms with Crippen LogP contribution in [-0.4, -0.2) is 0 Å². The molecular formula is C14H14N2O2. The molecule has 0 aliphatic carbocycles. The molecule has 4 heteroatoms. The monoisotopic (exact) mass is 242 g/mol. The molecule has 0 aliphatic rings. The van der Waals surface area contributed by atoms with Gasteiger partial charge in [0.05, 0.1) is 11.0 Å². The molecule has 92 valence electrons. The normalized spacial score (nSPS) is 9.83. The van der Waals surface area contributed by atoms with E-state index < -0.39 is 0 Å². The zero-order valence-corrected chi connectivity index (χ0v) is 10.1. The molecule has 0 fully saturated rings. The maximum atomic E-state index is 10.2. The first kappa shape index (κ1) is 12.1. The molecule has 18 heavy (non-hydrogen) atoms. The summed E-state index contributed by atoms with van der Waals surface area (Å²) in [5, 5.41) is 2.67. The topological polar surface area (TPSA) is 50.7 Å². The molecule has 0 aliphatic heterocycles. The summed E-state index contributed by atoms with van der Waals surface area (Å²) in [6, 6.07) is 15.4. The van der Waals surface area contributed by atoms with Crippen LogP contribution < -0.4 is 10.2 Å². The number of nitroso groups, excluding NO2 is 1. The number of nitrogens with one attached hydrogen (secondary N) is 1. The highest BCUT2D eigenvalue weighted by Crippen LogP contribution is 2.22. The number of rotatable bonds is 5. The lowest BCUT2D eigenvalue weighted by Crippen LogP contribution is -1.97. The van der Waals surface area contributed by atoms with E-state index in [1.165, 1.54) is 0 Å². The summed E-state index contributed by atoms with van der Waals surface area (Å²) < 4.78 is 5.65. The van der Waals surface area contributed by atoms with Crippen molar-refractivity contribution in [1.29, 1.82) is 0 Å². The first-order chi connectivity index (χ1) is 8.79. The van der Waals surface area contributed by atoms with Gasteiger partial charge in [0.15, 0.2) is 0 Å². The zero-order chi connectivity index (χ0) is 12.8. The average Bonchev–Trinajstić information content (AvgIpc) is 2.41. The smallest absolute Gasteiger partial charge is 0.121 e. The lowest BCUT2D eigenvalue weighted by atomic mass is 10.2. The molecule has 2 aromatic carbocycles. The van der Waals surface area contributed by atoms with Crippen LogP contribution in [0.25, 0.3) is 0 Å². The minimum Gasteiger partial charge on any atom is -0.489 e. The van der Waals surface area contributed by atoms with Gasteiger partial charge in [-0.1, -0.05) is 36.4 Å². The highest BCUT2D eigenvalue weighted by atomic mass is 16.5. The molecule has 0 heterocycles. The van der Waals surface area contributed by atoms with E-state index in [9.17, 15) is 4.91 Å². The second-order valence-corrected chi connectivity index (χ2v) is 3.95. The van der Waals surface area contributed by atoms with Gasteiger partial charge in [-0.15, -0.1) is 4.91 Å². The van der Waals surface area contributed by atoms with Crippen LogP contribution >= 0.6 is 0 Å². The van der Waals surface area contributed by atoms with Crippen molar-refractivity contribution in [3.8, 4) is 5.75 Å². The standard InChI is InChI=1S/C14H14N2O2/c1-11-7-8-13(9-14(11)15-16-17)18-10-12-5-3-2-4-6-12/h2-9H,10H2,1H3,(H,15,17).